The smallest absolute Gasteiger partial charge is 0.229 e. The third-order valence-corrected chi connectivity index (χ3v) is 4.24. The van der Waals surface area contributed by atoms with E-state index in [-0.39, 0.29) is 24.1 Å². The predicted octanol–water partition coefficient (Wildman–Crippen LogP) is 3.38. The van der Waals surface area contributed by atoms with Gasteiger partial charge in [-0.05, 0) is 48.4 Å². The summed E-state index contributed by atoms with van der Waals surface area (Å²) in [6.45, 7) is 2.42. The molecule has 1 unspecified atom stereocenters. The quantitative estimate of drug-likeness (QED) is 0.936. The molecule has 2 aromatic rings. The maximum atomic E-state index is 12.9. The lowest BCUT2D eigenvalue weighted by molar-refractivity contribution is -0.122. The number of nitrogens with one attached hydrogen (secondary N) is 1. The van der Waals surface area contributed by atoms with Gasteiger partial charge in [0, 0.05) is 24.3 Å². The summed E-state index contributed by atoms with van der Waals surface area (Å²) in [5, 5.41) is 2.74. The first-order chi connectivity index (χ1) is 11.6. The zero-order valence-electron chi connectivity index (χ0n) is 13.5. The number of aryl methyl sites for hydroxylation is 1. The monoisotopic (exact) mass is 326 g/mol. The van der Waals surface area contributed by atoms with Gasteiger partial charge in [-0.1, -0.05) is 19.1 Å². The van der Waals surface area contributed by atoms with Gasteiger partial charge in [-0.25, -0.2) is 4.39 Å². The molecule has 0 spiro atoms. The van der Waals surface area contributed by atoms with Crippen molar-refractivity contribution in [3.63, 3.8) is 0 Å². The van der Waals surface area contributed by atoms with Gasteiger partial charge >= 0.3 is 0 Å². The maximum absolute atomic E-state index is 12.9. The van der Waals surface area contributed by atoms with E-state index in [1.807, 2.05) is 24.3 Å². The maximum Gasteiger partial charge on any atom is 0.229 e. The number of rotatable bonds is 4. The van der Waals surface area contributed by atoms with Crippen molar-refractivity contribution in [1.82, 2.24) is 0 Å². The molecule has 1 aliphatic rings. The normalized spacial score (nSPS) is 17.2. The summed E-state index contributed by atoms with van der Waals surface area (Å²) in [6.07, 6.45) is 1.08. The molecule has 3 rings (SSSR count). The van der Waals surface area contributed by atoms with Gasteiger partial charge in [0.15, 0.2) is 0 Å². The Bertz CT molecular complexity index is 758. The van der Waals surface area contributed by atoms with Gasteiger partial charge in [-0.15, -0.1) is 0 Å². The summed E-state index contributed by atoms with van der Waals surface area (Å²) in [5.74, 6) is -1.04. The lowest BCUT2D eigenvalue weighted by Crippen LogP contribution is -2.28. The summed E-state index contributed by atoms with van der Waals surface area (Å²) in [7, 11) is 0. The molecule has 0 aliphatic carbocycles. The van der Waals surface area contributed by atoms with E-state index in [9.17, 15) is 14.0 Å². The lowest BCUT2D eigenvalue weighted by atomic mass is 10.1. The number of carbonyl (C=O) groups is 2. The van der Waals surface area contributed by atoms with Crippen molar-refractivity contribution in [3.05, 3.63) is 59.9 Å². The molecule has 24 heavy (non-hydrogen) atoms. The predicted molar refractivity (Wildman–Crippen MR) is 91.3 cm³/mol. The summed E-state index contributed by atoms with van der Waals surface area (Å²) >= 11 is 0. The number of benzene rings is 2. The fourth-order valence-corrected chi connectivity index (χ4v) is 2.85. The molecule has 2 amide bonds. The molecule has 0 radical (unpaired) electrons. The molecule has 1 atom stereocenters. The first-order valence-corrected chi connectivity index (χ1v) is 8.02. The molecule has 0 bridgehead atoms. The second kappa shape index (κ2) is 6.83. The Labute approximate surface area is 140 Å². The molecule has 1 aliphatic heterocycles. The zero-order valence-corrected chi connectivity index (χ0v) is 13.5. The van der Waals surface area contributed by atoms with Crippen LogP contribution in [0, 0.1) is 11.7 Å². The molecule has 1 N–H and O–H groups in total. The molecule has 1 fully saturated rings. The van der Waals surface area contributed by atoms with E-state index >= 15 is 0 Å². The van der Waals surface area contributed by atoms with Crippen LogP contribution in [0.4, 0.5) is 15.8 Å². The van der Waals surface area contributed by atoms with Crippen molar-refractivity contribution in [2.45, 2.75) is 19.8 Å². The number of nitrogens with zero attached hydrogens (tertiary/aromatic N) is 1. The van der Waals surface area contributed by atoms with Gasteiger partial charge in [-0.3, -0.25) is 9.59 Å². The van der Waals surface area contributed by atoms with Crippen LogP contribution in [-0.2, 0) is 16.0 Å². The number of amides is 2. The first-order valence-electron chi connectivity index (χ1n) is 8.02. The minimum Gasteiger partial charge on any atom is -0.326 e. The molecule has 1 saturated heterocycles. The number of hydrogen-bond acceptors (Lipinski definition) is 2. The van der Waals surface area contributed by atoms with E-state index in [2.05, 4.69) is 12.2 Å². The SMILES string of the molecule is CCc1cccc(N2CC(C(=O)Nc3ccc(F)cc3)CC2=O)c1. The first kappa shape index (κ1) is 16.2. The van der Waals surface area contributed by atoms with Crippen molar-refractivity contribution in [2.24, 2.45) is 5.92 Å². The van der Waals surface area contributed by atoms with E-state index < -0.39 is 5.92 Å². The Balaban J connectivity index is 1.69. The fourth-order valence-electron chi connectivity index (χ4n) is 2.85. The van der Waals surface area contributed by atoms with Crippen LogP contribution in [0.1, 0.15) is 18.9 Å². The Morgan fingerprint density at radius 3 is 2.71 bits per heavy atom. The zero-order chi connectivity index (χ0) is 17.1. The van der Waals surface area contributed by atoms with Crippen LogP contribution in [0.15, 0.2) is 48.5 Å². The van der Waals surface area contributed by atoms with Crippen molar-refractivity contribution in [3.8, 4) is 0 Å². The van der Waals surface area contributed by atoms with Gasteiger partial charge in [0.2, 0.25) is 11.8 Å². The average Bonchev–Trinajstić information content (AvgIpc) is 2.99. The number of hydrogen-bond donors (Lipinski definition) is 1. The molecule has 0 aromatic heterocycles. The summed E-state index contributed by atoms with van der Waals surface area (Å²) in [5.41, 5.74) is 2.51. The van der Waals surface area contributed by atoms with Crippen LogP contribution in [0.5, 0.6) is 0 Å². The number of anilines is 2. The van der Waals surface area contributed by atoms with Crippen molar-refractivity contribution < 1.29 is 14.0 Å². The third kappa shape index (κ3) is 3.45. The van der Waals surface area contributed by atoms with Gasteiger partial charge in [0.1, 0.15) is 5.82 Å². The number of carbonyl (C=O) groups excluding carboxylic acids is 2. The Kier molecular flexibility index (Phi) is 4.60. The van der Waals surface area contributed by atoms with Gasteiger partial charge < -0.3 is 10.2 Å². The van der Waals surface area contributed by atoms with Crippen LogP contribution in [0.25, 0.3) is 0 Å². The highest BCUT2D eigenvalue weighted by Crippen LogP contribution is 2.27. The van der Waals surface area contributed by atoms with Crippen molar-refractivity contribution in [1.29, 1.82) is 0 Å². The van der Waals surface area contributed by atoms with E-state index in [1.165, 1.54) is 24.3 Å². The highest BCUT2D eigenvalue weighted by atomic mass is 19.1. The standard InChI is InChI=1S/C19H19FN2O2/c1-2-13-4-3-5-17(10-13)22-12-14(11-18(22)23)19(24)21-16-8-6-15(20)7-9-16/h3-10,14H,2,11-12H2,1H3,(H,21,24). The molecule has 1 heterocycles. The largest absolute Gasteiger partial charge is 0.326 e. The van der Waals surface area contributed by atoms with Crippen molar-refractivity contribution in [2.75, 3.05) is 16.8 Å². The van der Waals surface area contributed by atoms with Gasteiger partial charge in [0.25, 0.3) is 0 Å². The Morgan fingerprint density at radius 2 is 2.00 bits per heavy atom. The van der Waals surface area contributed by atoms with E-state index in [0.717, 1.165) is 17.7 Å². The van der Waals surface area contributed by atoms with Crippen LogP contribution in [0.2, 0.25) is 0 Å². The van der Waals surface area contributed by atoms with Crippen molar-refractivity contribution >= 4 is 23.2 Å². The van der Waals surface area contributed by atoms with Gasteiger partial charge in [-0.2, -0.15) is 0 Å². The average molecular weight is 326 g/mol. The van der Waals surface area contributed by atoms with Crippen LogP contribution in [-0.4, -0.2) is 18.4 Å². The molecule has 2 aromatic carbocycles. The Hall–Kier alpha value is -2.69. The highest BCUT2D eigenvalue weighted by Gasteiger charge is 2.35. The summed E-state index contributed by atoms with van der Waals surface area (Å²) < 4.78 is 12.9. The van der Waals surface area contributed by atoms with Crippen LogP contribution in [0.3, 0.4) is 0 Å². The molecular formula is C19H19FN2O2. The summed E-state index contributed by atoms with van der Waals surface area (Å²) in [4.78, 5) is 26.3. The van der Waals surface area contributed by atoms with E-state index in [4.69, 9.17) is 0 Å². The van der Waals surface area contributed by atoms with E-state index in [0.29, 0.717) is 12.2 Å². The molecule has 4 nitrogen and oxygen atoms in total. The fraction of sp³-hybridized carbons (Fsp3) is 0.263. The van der Waals surface area contributed by atoms with Crippen LogP contribution >= 0.6 is 0 Å². The minimum absolute atomic E-state index is 0.0532. The van der Waals surface area contributed by atoms with Crippen LogP contribution < -0.4 is 10.2 Å². The molecular weight excluding hydrogens is 307 g/mol. The lowest BCUT2D eigenvalue weighted by Gasteiger charge is -2.17. The molecule has 5 heteroatoms. The summed E-state index contributed by atoms with van der Waals surface area (Å²) in [6, 6.07) is 13.4. The molecule has 0 saturated carbocycles. The Morgan fingerprint density at radius 1 is 1.25 bits per heavy atom. The number of halogens is 1. The second-order valence-corrected chi connectivity index (χ2v) is 5.92. The molecule has 124 valence electrons. The van der Waals surface area contributed by atoms with E-state index in [1.54, 1.807) is 4.90 Å². The third-order valence-electron chi connectivity index (χ3n) is 4.24. The highest BCUT2D eigenvalue weighted by molar-refractivity contribution is 6.03. The minimum atomic E-state index is -0.409. The second-order valence-electron chi connectivity index (χ2n) is 5.92. The topological polar surface area (TPSA) is 49.4 Å². The van der Waals surface area contributed by atoms with Gasteiger partial charge in [0.05, 0.1) is 5.92 Å².